The number of rotatable bonds is 5. The Balaban J connectivity index is 1.54. The number of carbonyl (C=O) groups is 1. The number of hydrogen-bond donors (Lipinski definition) is 0. The smallest absolute Gasteiger partial charge is 0.201 e. The molecule has 2 fully saturated rings. The summed E-state index contributed by atoms with van der Waals surface area (Å²) in [6.45, 7) is 10.2. The third-order valence-electron chi connectivity index (χ3n) is 6.87. The lowest BCUT2D eigenvalue weighted by Crippen LogP contribution is -2.65. The minimum Gasteiger partial charge on any atom is -0.375 e. The van der Waals surface area contributed by atoms with Crippen molar-refractivity contribution < 1.29 is 13.9 Å². The summed E-state index contributed by atoms with van der Waals surface area (Å²) in [5, 5.41) is 0. The van der Waals surface area contributed by atoms with Gasteiger partial charge in [-0.25, -0.2) is 4.39 Å². The molecular formula is C25H32FN3O2. The van der Waals surface area contributed by atoms with E-state index in [1.807, 2.05) is 30.3 Å². The summed E-state index contributed by atoms with van der Waals surface area (Å²) >= 11 is 0. The van der Waals surface area contributed by atoms with Gasteiger partial charge < -0.3 is 4.74 Å². The molecule has 2 aliphatic rings. The third kappa shape index (κ3) is 4.56. The van der Waals surface area contributed by atoms with Gasteiger partial charge in [-0.15, -0.1) is 0 Å². The number of benzene rings is 1. The highest BCUT2D eigenvalue weighted by atomic mass is 19.1. The van der Waals surface area contributed by atoms with Crippen LogP contribution in [0.25, 0.3) is 0 Å². The Morgan fingerprint density at radius 2 is 1.81 bits per heavy atom. The summed E-state index contributed by atoms with van der Waals surface area (Å²) in [5.74, 6) is -0.109. The number of carbonyl (C=O) groups excluding carboxylic acids is 1. The van der Waals surface area contributed by atoms with Crippen LogP contribution in [-0.4, -0.2) is 64.5 Å². The van der Waals surface area contributed by atoms with E-state index in [0.717, 1.165) is 31.7 Å². The van der Waals surface area contributed by atoms with Gasteiger partial charge in [-0.1, -0.05) is 18.2 Å². The summed E-state index contributed by atoms with van der Waals surface area (Å²) in [5.41, 5.74) is 0.686. The molecule has 1 aromatic carbocycles. The second kappa shape index (κ2) is 8.77. The Morgan fingerprint density at radius 1 is 1.10 bits per heavy atom. The fraction of sp³-hybridized carbons (Fsp3) is 0.520. The predicted molar refractivity (Wildman–Crippen MR) is 119 cm³/mol. The molecule has 0 spiro atoms. The van der Waals surface area contributed by atoms with E-state index >= 15 is 0 Å². The minimum absolute atomic E-state index is 0.101. The molecule has 5 nitrogen and oxygen atoms in total. The number of hydrogen-bond acceptors (Lipinski definition) is 5. The van der Waals surface area contributed by atoms with Gasteiger partial charge in [0.05, 0.1) is 11.1 Å². The van der Waals surface area contributed by atoms with E-state index < -0.39 is 5.54 Å². The van der Waals surface area contributed by atoms with Gasteiger partial charge in [0.15, 0.2) is 0 Å². The quantitative estimate of drug-likeness (QED) is 0.675. The Bertz CT molecular complexity index is 895. The van der Waals surface area contributed by atoms with Crippen molar-refractivity contribution in [1.29, 1.82) is 0 Å². The highest BCUT2D eigenvalue weighted by molar-refractivity contribution is 6.02. The van der Waals surface area contributed by atoms with Gasteiger partial charge in [-0.05, 0) is 57.0 Å². The van der Waals surface area contributed by atoms with Gasteiger partial charge in [0.2, 0.25) is 5.78 Å². The number of ketones is 1. The van der Waals surface area contributed by atoms with Crippen LogP contribution in [0.15, 0.2) is 48.7 Å². The van der Waals surface area contributed by atoms with Gasteiger partial charge in [-0.2, -0.15) is 0 Å². The maximum atomic E-state index is 13.8. The molecule has 0 amide bonds. The van der Waals surface area contributed by atoms with Gasteiger partial charge in [0.1, 0.15) is 11.5 Å². The van der Waals surface area contributed by atoms with E-state index in [-0.39, 0.29) is 23.2 Å². The number of nitrogens with zero attached hydrogens (tertiary/aromatic N) is 3. The lowest BCUT2D eigenvalue weighted by molar-refractivity contribution is -0.114. The number of halogens is 1. The number of Topliss-reactive ketones (excluding diaryl/α,β-unsaturated/α-hetero) is 1. The van der Waals surface area contributed by atoms with Crippen LogP contribution in [0.3, 0.4) is 0 Å². The van der Waals surface area contributed by atoms with Crippen molar-refractivity contribution in [1.82, 2.24) is 14.8 Å². The Morgan fingerprint density at radius 3 is 2.42 bits per heavy atom. The first kappa shape index (κ1) is 22.1. The van der Waals surface area contributed by atoms with Crippen molar-refractivity contribution in [3.8, 4) is 0 Å². The molecule has 0 bridgehead atoms. The molecule has 31 heavy (non-hydrogen) atoms. The molecule has 1 aromatic heterocycles. The first-order valence-electron chi connectivity index (χ1n) is 11.2. The molecule has 2 atom stereocenters. The Kier molecular flexibility index (Phi) is 6.24. The zero-order chi connectivity index (χ0) is 22.1. The van der Waals surface area contributed by atoms with Crippen molar-refractivity contribution in [2.24, 2.45) is 0 Å². The maximum Gasteiger partial charge on any atom is 0.201 e. The third-order valence-corrected chi connectivity index (χ3v) is 6.87. The largest absolute Gasteiger partial charge is 0.375 e. The normalized spacial score (nSPS) is 25.8. The van der Waals surface area contributed by atoms with Crippen LogP contribution in [0.2, 0.25) is 0 Å². The van der Waals surface area contributed by atoms with E-state index in [9.17, 15) is 9.18 Å². The molecule has 3 heterocycles. The number of aromatic nitrogens is 1. The summed E-state index contributed by atoms with van der Waals surface area (Å²) in [6.07, 6.45) is 3.02. The summed E-state index contributed by atoms with van der Waals surface area (Å²) in [6, 6.07) is 12.5. The summed E-state index contributed by atoms with van der Waals surface area (Å²) in [7, 11) is 0. The lowest BCUT2D eigenvalue weighted by atomic mass is 9.75. The molecule has 0 radical (unpaired) electrons. The monoisotopic (exact) mass is 425 g/mol. The first-order chi connectivity index (χ1) is 14.8. The van der Waals surface area contributed by atoms with Crippen LogP contribution in [0.4, 0.5) is 4.39 Å². The highest BCUT2D eigenvalue weighted by Gasteiger charge is 2.51. The molecule has 2 saturated heterocycles. The molecule has 6 heteroatoms. The Labute approximate surface area is 184 Å². The molecule has 2 aromatic rings. The van der Waals surface area contributed by atoms with E-state index in [1.54, 1.807) is 6.20 Å². The summed E-state index contributed by atoms with van der Waals surface area (Å²) in [4.78, 5) is 22.9. The SMILES string of the molecule is CC(c1ccc(F)cc1)N1CCN(C2(C(=O)c3ccccn3)CCOC(C)(C)C2)CC1. The number of ether oxygens (including phenoxy) is 1. The fourth-order valence-corrected chi connectivity index (χ4v) is 5.17. The molecular weight excluding hydrogens is 393 g/mol. The van der Waals surface area contributed by atoms with Crippen LogP contribution in [-0.2, 0) is 4.74 Å². The van der Waals surface area contributed by atoms with Crippen molar-refractivity contribution >= 4 is 5.78 Å². The van der Waals surface area contributed by atoms with Crippen LogP contribution in [0.5, 0.6) is 0 Å². The lowest BCUT2D eigenvalue weighted by Gasteiger charge is -2.52. The molecule has 2 aliphatic heterocycles. The molecule has 0 N–H and O–H groups in total. The van der Waals surface area contributed by atoms with Crippen LogP contribution < -0.4 is 0 Å². The van der Waals surface area contributed by atoms with E-state index in [0.29, 0.717) is 25.1 Å². The molecule has 0 aliphatic carbocycles. The average molecular weight is 426 g/mol. The topological polar surface area (TPSA) is 45.7 Å². The van der Waals surface area contributed by atoms with Crippen LogP contribution >= 0.6 is 0 Å². The average Bonchev–Trinajstić information content (AvgIpc) is 2.78. The van der Waals surface area contributed by atoms with E-state index in [4.69, 9.17) is 4.74 Å². The van der Waals surface area contributed by atoms with Crippen molar-refractivity contribution in [3.63, 3.8) is 0 Å². The number of piperazine rings is 1. The highest BCUT2D eigenvalue weighted by Crippen LogP contribution is 2.39. The van der Waals surface area contributed by atoms with Gasteiger partial charge in [-0.3, -0.25) is 19.6 Å². The maximum absolute atomic E-state index is 13.8. The second-order valence-electron chi connectivity index (χ2n) is 9.36. The molecule has 166 valence electrons. The van der Waals surface area contributed by atoms with Gasteiger partial charge in [0.25, 0.3) is 0 Å². The molecule has 2 unspecified atom stereocenters. The van der Waals surface area contributed by atoms with Crippen LogP contribution in [0, 0.1) is 5.82 Å². The zero-order valence-corrected chi connectivity index (χ0v) is 18.7. The first-order valence-corrected chi connectivity index (χ1v) is 11.2. The van der Waals surface area contributed by atoms with E-state index in [2.05, 4.69) is 35.6 Å². The standard InChI is InChI=1S/C25H32FN3O2/c1-19(20-7-9-21(26)10-8-20)28-13-15-29(16-14-28)25(11-17-31-24(2,3)18-25)23(30)22-6-4-5-12-27-22/h4-10,12,19H,11,13-18H2,1-3H3. The molecule has 0 saturated carbocycles. The zero-order valence-electron chi connectivity index (χ0n) is 18.7. The summed E-state index contributed by atoms with van der Waals surface area (Å²) < 4.78 is 19.3. The fourth-order valence-electron chi connectivity index (χ4n) is 5.17. The predicted octanol–water partition coefficient (Wildman–Crippen LogP) is 4.11. The van der Waals surface area contributed by atoms with Gasteiger partial charge >= 0.3 is 0 Å². The van der Waals surface area contributed by atoms with Gasteiger partial charge in [0, 0.05) is 51.4 Å². The van der Waals surface area contributed by atoms with Crippen LogP contribution in [0.1, 0.15) is 55.7 Å². The minimum atomic E-state index is -0.596. The number of pyridine rings is 1. The van der Waals surface area contributed by atoms with Crippen molar-refractivity contribution in [3.05, 3.63) is 65.7 Å². The molecule has 4 rings (SSSR count). The van der Waals surface area contributed by atoms with E-state index in [1.165, 1.54) is 12.1 Å². The Hall–Kier alpha value is -2.15. The van der Waals surface area contributed by atoms with Crippen molar-refractivity contribution in [2.45, 2.75) is 50.8 Å². The van der Waals surface area contributed by atoms with Crippen molar-refractivity contribution in [2.75, 3.05) is 32.8 Å². The second-order valence-corrected chi connectivity index (χ2v) is 9.36.